The van der Waals surface area contributed by atoms with E-state index in [0.29, 0.717) is 25.7 Å². The fourth-order valence-electron chi connectivity index (χ4n) is 7.95. The molecule has 0 aromatic carbocycles. The van der Waals surface area contributed by atoms with Gasteiger partial charge in [0.15, 0.2) is 6.10 Å². The number of allylic oxidation sites excluding steroid dienone is 26. The van der Waals surface area contributed by atoms with E-state index >= 15 is 0 Å². The zero-order chi connectivity index (χ0) is 55.7. The first-order chi connectivity index (χ1) is 38.0. The Hall–Kier alpha value is -4.97. The summed E-state index contributed by atoms with van der Waals surface area (Å²) in [4.78, 5) is 38.1. The van der Waals surface area contributed by atoms with E-state index in [0.717, 1.165) is 141 Å². The third-order valence-electron chi connectivity index (χ3n) is 12.5. The van der Waals surface area contributed by atoms with Crippen molar-refractivity contribution in [1.82, 2.24) is 0 Å². The summed E-state index contributed by atoms with van der Waals surface area (Å²) in [5, 5.41) is 0. The highest BCUT2D eigenvalue weighted by Crippen LogP contribution is 2.14. The van der Waals surface area contributed by atoms with Crippen LogP contribution in [-0.2, 0) is 28.6 Å². The van der Waals surface area contributed by atoms with Crippen molar-refractivity contribution in [2.75, 3.05) is 13.2 Å². The van der Waals surface area contributed by atoms with Crippen LogP contribution < -0.4 is 0 Å². The van der Waals surface area contributed by atoms with Gasteiger partial charge in [0.25, 0.3) is 0 Å². The first kappa shape index (κ1) is 72.0. The zero-order valence-corrected chi connectivity index (χ0v) is 49.4. The van der Waals surface area contributed by atoms with E-state index in [4.69, 9.17) is 14.2 Å². The van der Waals surface area contributed by atoms with Crippen molar-refractivity contribution < 1.29 is 28.6 Å². The maximum absolute atomic E-state index is 12.9. The van der Waals surface area contributed by atoms with E-state index in [1.54, 1.807) is 0 Å². The summed E-state index contributed by atoms with van der Waals surface area (Å²) >= 11 is 0. The predicted molar refractivity (Wildman–Crippen MR) is 334 cm³/mol. The first-order valence-corrected chi connectivity index (χ1v) is 31.0. The van der Waals surface area contributed by atoms with Crippen molar-refractivity contribution in [2.45, 2.75) is 258 Å². The Balaban J connectivity index is 4.30. The first-order valence-electron chi connectivity index (χ1n) is 31.0. The summed E-state index contributed by atoms with van der Waals surface area (Å²) < 4.78 is 16.8. The summed E-state index contributed by atoms with van der Waals surface area (Å²) in [6.45, 7) is 6.32. The smallest absolute Gasteiger partial charge is 0.306 e. The number of rotatable bonds is 54. The van der Waals surface area contributed by atoms with Gasteiger partial charge in [0.05, 0.1) is 0 Å². The molecule has 0 radical (unpaired) electrons. The number of carbonyl (C=O) groups excluding carboxylic acids is 3. The molecule has 0 aliphatic heterocycles. The molecule has 0 N–H and O–H groups in total. The van der Waals surface area contributed by atoms with Crippen molar-refractivity contribution in [2.24, 2.45) is 0 Å². The normalized spacial score (nSPS) is 13.2. The minimum absolute atomic E-state index is 0.0999. The standard InChI is InChI=1S/C71H112O6/c1-4-7-10-13-16-18-20-22-24-26-28-30-32-34-35-37-38-40-42-44-46-48-50-52-55-58-61-64-70(73)76-67-68(66-75-69(72)63-60-57-54-15-12-9-6-3)77-71(74)65-62-59-56-53-51-49-47-45-43-41-39-36-33-31-29-27-25-23-21-19-17-14-11-8-5-2/h7-8,10-11,16-19,22-25,28-31,34-36,38-40,44,46,50,52,68H,4-6,9,12-15,20-21,26-27,32-33,37,41-43,45,47-49,51,53-67H2,1-3H3/b10-7-,11-8-,18-16-,19-17-,24-22-,25-23-,30-28-,31-29-,35-34-,39-36-,40-38-,46-44-,52-50-. The van der Waals surface area contributed by atoms with Crippen LogP contribution in [0.2, 0.25) is 0 Å². The SMILES string of the molecule is CC/C=C\C/C=C\C/C=C\C/C=C\C/C=C\C/C=C\C/C=C\C/C=C\CCCCC(=O)OCC(COC(=O)CCCCCCCCC)OC(=O)CCCCCCCCCCC/C=C\C/C=C\C/C=C\C/C=C\C/C=C\CC. The quantitative estimate of drug-likeness (QED) is 0.0261. The molecular formula is C71H112O6. The maximum Gasteiger partial charge on any atom is 0.306 e. The van der Waals surface area contributed by atoms with Gasteiger partial charge < -0.3 is 14.2 Å². The van der Waals surface area contributed by atoms with E-state index in [2.05, 4.69) is 179 Å². The molecule has 0 bridgehead atoms. The van der Waals surface area contributed by atoms with E-state index in [-0.39, 0.29) is 31.1 Å². The number of hydrogen-bond donors (Lipinski definition) is 0. The Morgan fingerprint density at radius 1 is 0.273 bits per heavy atom. The van der Waals surface area contributed by atoms with Gasteiger partial charge >= 0.3 is 17.9 Å². The lowest BCUT2D eigenvalue weighted by Crippen LogP contribution is -2.30. The Morgan fingerprint density at radius 3 is 0.818 bits per heavy atom. The van der Waals surface area contributed by atoms with Crippen molar-refractivity contribution >= 4 is 17.9 Å². The van der Waals surface area contributed by atoms with Gasteiger partial charge in [0.1, 0.15) is 13.2 Å². The van der Waals surface area contributed by atoms with Gasteiger partial charge in [-0.2, -0.15) is 0 Å². The van der Waals surface area contributed by atoms with Gasteiger partial charge in [0, 0.05) is 19.3 Å². The van der Waals surface area contributed by atoms with Crippen LogP contribution in [0, 0.1) is 0 Å². The minimum Gasteiger partial charge on any atom is -0.462 e. The molecule has 0 heterocycles. The van der Waals surface area contributed by atoms with Gasteiger partial charge in [-0.05, 0) is 128 Å². The van der Waals surface area contributed by atoms with Gasteiger partial charge in [-0.15, -0.1) is 0 Å². The van der Waals surface area contributed by atoms with Crippen molar-refractivity contribution in [3.05, 3.63) is 158 Å². The van der Waals surface area contributed by atoms with E-state index in [9.17, 15) is 14.4 Å². The maximum atomic E-state index is 12.9. The van der Waals surface area contributed by atoms with Gasteiger partial charge in [-0.3, -0.25) is 14.4 Å². The lowest BCUT2D eigenvalue weighted by atomic mass is 10.1. The van der Waals surface area contributed by atoms with Crippen LogP contribution in [0.5, 0.6) is 0 Å². The molecule has 1 unspecified atom stereocenters. The highest BCUT2D eigenvalue weighted by Gasteiger charge is 2.19. The Kier molecular flexibility index (Phi) is 59.5. The van der Waals surface area contributed by atoms with Gasteiger partial charge in [-0.25, -0.2) is 0 Å². The molecule has 0 aromatic rings. The number of ether oxygens (including phenoxy) is 3. The van der Waals surface area contributed by atoms with E-state index < -0.39 is 6.10 Å². The average Bonchev–Trinajstić information content (AvgIpc) is 3.43. The molecule has 0 saturated carbocycles. The van der Waals surface area contributed by atoms with Crippen LogP contribution in [0.1, 0.15) is 252 Å². The minimum atomic E-state index is -0.805. The Bertz CT molecular complexity index is 1740. The van der Waals surface area contributed by atoms with E-state index in [1.165, 1.54) is 64.2 Å². The molecular weight excluding hydrogens is 949 g/mol. The molecule has 1 atom stereocenters. The average molecular weight is 1060 g/mol. The molecule has 6 nitrogen and oxygen atoms in total. The molecule has 0 rings (SSSR count). The monoisotopic (exact) mass is 1060 g/mol. The van der Waals surface area contributed by atoms with Crippen molar-refractivity contribution in [3.8, 4) is 0 Å². The summed E-state index contributed by atoms with van der Waals surface area (Å²) in [5.41, 5.74) is 0. The third-order valence-corrected chi connectivity index (χ3v) is 12.5. The topological polar surface area (TPSA) is 78.9 Å². The molecule has 0 aliphatic rings. The summed E-state index contributed by atoms with van der Waals surface area (Å²) in [5.74, 6) is -0.964. The second-order valence-corrected chi connectivity index (χ2v) is 19.9. The summed E-state index contributed by atoms with van der Waals surface area (Å²) in [6, 6.07) is 0. The Morgan fingerprint density at radius 2 is 0.506 bits per heavy atom. The number of esters is 3. The molecule has 77 heavy (non-hydrogen) atoms. The number of unbranched alkanes of at least 4 members (excludes halogenated alkanes) is 17. The van der Waals surface area contributed by atoms with Gasteiger partial charge in [-0.1, -0.05) is 262 Å². The molecule has 0 aliphatic carbocycles. The second-order valence-electron chi connectivity index (χ2n) is 19.9. The van der Waals surface area contributed by atoms with Crippen LogP contribution in [-0.4, -0.2) is 37.2 Å². The fraction of sp³-hybridized carbons (Fsp3) is 0.592. The van der Waals surface area contributed by atoms with Crippen LogP contribution in [0.15, 0.2) is 158 Å². The predicted octanol–water partition coefficient (Wildman–Crippen LogP) is 21.3. The number of hydrogen-bond acceptors (Lipinski definition) is 6. The summed E-state index contributed by atoms with van der Waals surface area (Å²) in [6.07, 6.45) is 92.7. The zero-order valence-electron chi connectivity index (χ0n) is 49.4. The van der Waals surface area contributed by atoms with Crippen molar-refractivity contribution in [3.63, 3.8) is 0 Å². The highest BCUT2D eigenvalue weighted by atomic mass is 16.6. The van der Waals surface area contributed by atoms with Crippen LogP contribution in [0.25, 0.3) is 0 Å². The highest BCUT2D eigenvalue weighted by molar-refractivity contribution is 5.71. The molecule has 6 heteroatoms. The molecule has 0 spiro atoms. The summed E-state index contributed by atoms with van der Waals surface area (Å²) in [7, 11) is 0. The number of carbonyl (C=O) groups is 3. The molecule has 432 valence electrons. The lowest BCUT2D eigenvalue weighted by Gasteiger charge is -2.18. The second kappa shape index (κ2) is 63.6. The van der Waals surface area contributed by atoms with Crippen molar-refractivity contribution in [1.29, 1.82) is 0 Å². The molecule has 0 fully saturated rings. The molecule has 0 saturated heterocycles. The third kappa shape index (κ3) is 61.8. The van der Waals surface area contributed by atoms with Crippen LogP contribution >= 0.6 is 0 Å². The lowest BCUT2D eigenvalue weighted by molar-refractivity contribution is -0.167. The Labute approximate surface area is 473 Å². The largest absolute Gasteiger partial charge is 0.462 e. The van der Waals surface area contributed by atoms with Crippen LogP contribution in [0.4, 0.5) is 0 Å². The van der Waals surface area contributed by atoms with Gasteiger partial charge in [0.2, 0.25) is 0 Å². The van der Waals surface area contributed by atoms with Crippen LogP contribution in [0.3, 0.4) is 0 Å². The fourth-order valence-corrected chi connectivity index (χ4v) is 7.95. The van der Waals surface area contributed by atoms with E-state index in [1.807, 2.05) is 0 Å². The molecule has 0 amide bonds. The molecule has 0 aromatic heterocycles.